The fourth-order valence-corrected chi connectivity index (χ4v) is 3.65. The van der Waals surface area contributed by atoms with Crippen molar-refractivity contribution >= 4 is 17.7 Å². The Morgan fingerprint density at radius 1 is 1.25 bits per heavy atom. The van der Waals surface area contributed by atoms with Crippen LogP contribution in [0.15, 0.2) is 30.5 Å². The van der Waals surface area contributed by atoms with Crippen molar-refractivity contribution in [1.29, 1.82) is 0 Å². The van der Waals surface area contributed by atoms with Crippen molar-refractivity contribution in [1.82, 2.24) is 9.97 Å². The zero-order valence-electron chi connectivity index (χ0n) is 15.5. The van der Waals surface area contributed by atoms with Crippen LogP contribution in [0.1, 0.15) is 32.1 Å². The number of carbonyl (C=O) groups is 1. The fraction of sp³-hybridized carbons (Fsp3) is 0.450. The van der Waals surface area contributed by atoms with Crippen molar-refractivity contribution in [3.05, 3.63) is 36.3 Å². The molecule has 28 heavy (non-hydrogen) atoms. The summed E-state index contributed by atoms with van der Waals surface area (Å²) in [5.41, 5.74) is 1.40. The number of halogens is 1. The van der Waals surface area contributed by atoms with Crippen molar-refractivity contribution in [3.8, 4) is 11.3 Å². The van der Waals surface area contributed by atoms with Gasteiger partial charge in [-0.15, -0.1) is 0 Å². The highest BCUT2D eigenvalue weighted by molar-refractivity contribution is 5.89. The molecule has 1 aromatic carbocycles. The van der Waals surface area contributed by atoms with Crippen molar-refractivity contribution < 1.29 is 19.0 Å². The molecule has 1 aromatic heterocycles. The average Bonchev–Trinajstić information content (AvgIpc) is 2.71. The largest absolute Gasteiger partial charge is 0.449 e. The van der Waals surface area contributed by atoms with Crippen molar-refractivity contribution in [2.45, 2.75) is 44.2 Å². The maximum Gasteiger partial charge on any atom is 0.414 e. The predicted octanol–water partition coefficient (Wildman–Crippen LogP) is 3.34. The zero-order chi connectivity index (χ0) is 19.5. The topological polar surface area (TPSA) is 87.6 Å². The van der Waals surface area contributed by atoms with E-state index < -0.39 is 11.9 Å². The number of benzene rings is 1. The van der Waals surface area contributed by atoms with Gasteiger partial charge in [0, 0.05) is 23.8 Å². The number of anilines is 2. The molecule has 7 nitrogen and oxygen atoms in total. The van der Waals surface area contributed by atoms with E-state index in [1.54, 1.807) is 29.2 Å². The number of hydrogen-bond acceptors (Lipinski definition) is 6. The Labute approximate surface area is 162 Å². The number of carbonyl (C=O) groups excluding carboxylic acids is 1. The van der Waals surface area contributed by atoms with Crippen LogP contribution in [-0.4, -0.2) is 46.5 Å². The summed E-state index contributed by atoms with van der Waals surface area (Å²) in [6.07, 6.45) is 4.39. The van der Waals surface area contributed by atoms with Gasteiger partial charge in [-0.1, -0.05) is 12.1 Å². The van der Waals surface area contributed by atoms with E-state index in [2.05, 4.69) is 15.3 Å². The van der Waals surface area contributed by atoms with Crippen LogP contribution in [0.4, 0.5) is 20.8 Å². The highest BCUT2D eigenvalue weighted by atomic mass is 19.1. The molecule has 4 rings (SSSR count). The molecule has 2 fully saturated rings. The lowest BCUT2D eigenvalue weighted by Gasteiger charge is -2.27. The zero-order valence-corrected chi connectivity index (χ0v) is 15.5. The monoisotopic (exact) mass is 386 g/mol. The molecule has 1 amide bonds. The summed E-state index contributed by atoms with van der Waals surface area (Å²) in [7, 11) is 0. The molecule has 0 spiro atoms. The van der Waals surface area contributed by atoms with E-state index in [4.69, 9.17) is 4.74 Å². The Kier molecular flexibility index (Phi) is 5.38. The van der Waals surface area contributed by atoms with Gasteiger partial charge in [-0.25, -0.2) is 19.2 Å². The highest BCUT2D eigenvalue weighted by Crippen LogP contribution is 2.28. The Balaban J connectivity index is 1.56. The summed E-state index contributed by atoms with van der Waals surface area (Å²) in [4.78, 5) is 21.9. The molecule has 0 radical (unpaired) electrons. The van der Waals surface area contributed by atoms with E-state index in [1.165, 1.54) is 0 Å². The van der Waals surface area contributed by atoms with Crippen LogP contribution in [0.3, 0.4) is 0 Å². The summed E-state index contributed by atoms with van der Waals surface area (Å²) in [5, 5.41) is 12.9. The van der Waals surface area contributed by atoms with Crippen LogP contribution in [0.2, 0.25) is 0 Å². The molecule has 8 heteroatoms. The minimum atomic E-state index is -0.525. The third-order valence-corrected chi connectivity index (χ3v) is 5.18. The summed E-state index contributed by atoms with van der Waals surface area (Å²) >= 11 is 0. The number of ether oxygens (including phenoxy) is 1. The van der Waals surface area contributed by atoms with E-state index in [-0.39, 0.29) is 17.8 Å². The van der Waals surface area contributed by atoms with Gasteiger partial charge in [0.25, 0.3) is 0 Å². The number of aromatic nitrogens is 2. The third-order valence-electron chi connectivity index (χ3n) is 5.18. The van der Waals surface area contributed by atoms with Crippen LogP contribution < -0.4 is 10.2 Å². The van der Waals surface area contributed by atoms with Crippen LogP contribution in [0, 0.1) is 5.82 Å². The number of aliphatic hydroxyl groups excluding tert-OH is 1. The molecule has 2 heterocycles. The van der Waals surface area contributed by atoms with Gasteiger partial charge in [-0.05, 0) is 44.2 Å². The van der Waals surface area contributed by atoms with E-state index in [1.807, 2.05) is 0 Å². The van der Waals surface area contributed by atoms with E-state index in [0.29, 0.717) is 30.4 Å². The van der Waals surface area contributed by atoms with Crippen molar-refractivity contribution in [2.75, 3.05) is 23.4 Å². The van der Waals surface area contributed by atoms with Crippen LogP contribution in [-0.2, 0) is 4.74 Å². The van der Waals surface area contributed by atoms with Gasteiger partial charge < -0.3 is 15.2 Å². The maximum absolute atomic E-state index is 14.4. The lowest BCUT2D eigenvalue weighted by Crippen LogP contribution is -2.37. The molecule has 2 aliphatic rings. The second-order valence-corrected chi connectivity index (χ2v) is 7.21. The highest BCUT2D eigenvalue weighted by Gasteiger charge is 2.23. The number of nitrogens with one attached hydrogen (secondary N) is 1. The van der Waals surface area contributed by atoms with Gasteiger partial charge >= 0.3 is 6.09 Å². The molecule has 0 unspecified atom stereocenters. The second-order valence-electron chi connectivity index (χ2n) is 7.21. The molecule has 1 saturated heterocycles. The van der Waals surface area contributed by atoms with Gasteiger partial charge in [0.05, 0.1) is 18.9 Å². The minimum Gasteiger partial charge on any atom is -0.449 e. The molecular formula is C20H23FN4O3. The lowest BCUT2D eigenvalue weighted by atomic mass is 9.93. The maximum atomic E-state index is 14.4. The first-order valence-electron chi connectivity index (χ1n) is 9.62. The van der Waals surface area contributed by atoms with E-state index in [9.17, 15) is 14.3 Å². The third kappa shape index (κ3) is 4.06. The number of hydrogen-bond donors (Lipinski definition) is 2. The Bertz CT molecular complexity index is 855. The summed E-state index contributed by atoms with van der Waals surface area (Å²) in [5.74, 6) is -0.163. The smallest absolute Gasteiger partial charge is 0.414 e. The first kappa shape index (κ1) is 18.6. The van der Waals surface area contributed by atoms with Crippen molar-refractivity contribution in [3.63, 3.8) is 0 Å². The normalized spacial score (nSPS) is 22.6. The van der Waals surface area contributed by atoms with Crippen LogP contribution in [0.5, 0.6) is 0 Å². The van der Waals surface area contributed by atoms with Gasteiger partial charge in [-0.2, -0.15) is 0 Å². The molecule has 2 N–H and O–H groups in total. The molecule has 1 aliphatic heterocycles. The van der Waals surface area contributed by atoms with Crippen LogP contribution >= 0.6 is 0 Å². The number of amides is 1. The quantitative estimate of drug-likeness (QED) is 0.838. The molecule has 0 atom stereocenters. The molecular weight excluding hydrogens is 363 g/mol. The molecule has 148 valence electrons. The Morgan fingerprint density at radius 3 is 2.86 bits per heavy atom. The SMILES string of the molecule is O=C1OCCCN1c1cccc(-c2nc(NC3CCC(O)CC3)ncc2F)c1. The summed E-state index contributed by atoms with van der Waals surface area (Å²) in [6.45, 7) is 0.984. The van der Waals surface area contributed by atoms with Crippen molar-refractivity contribution in [2.24, 2.45) is 0 Å². The molecule has 1 aliphatic carbocycles. The first-order chi connectivity index (χ1) is 13.6. The Hall–Kier alpha value is -2.74. The minimum absolute atomic E-state index is 0.163. The molecule has 1 saturated carbocycles. The van der Waals surface area contributed by atoms with E-state index >= 15 is 0 Å². The first-order valence-corrected chi connectivity index (χ1v) is 9.62. The summed E-state index contributed by atoms with van der Waals surface area (Å²) in [6, 6.07) is 7.21. The van der Waals surface area contributed by atoms with E-state index in [0.717, 1.165) is 38.3 Å². The number of rotatable bonds is 4. The number of cyclic esters (lactones) is 1. The second kappa shape index (κ2) is 8.10. The Morgan fingerprint density at radius 2 is 2.07 bits per heavy atom. The fourth-order valence-electron chi connectivity index (χ4n) is 3.65. The van der Waals surface area contributed by atoms with Gasteiger partial charge in [0.2, 0.25) is 5.95 Å². The predicted molar refractivity (Wildman–Crippen MR) is 103 cm³/mol. The van der Waals surface area contributed by atoms with Gasteiger partial charge in [0.1, 0.15) is 5.69 Å². The average molecular weight is 386 g/mol. The molecule has 0 bridgehead atoms. The van der Waals surface area contributed by atoms with Crippen LogP contribution in [0.25, 0.3) is 11.3 Å². The molecule has 2 aromatic rings. The standard InChI is InChI=1S/C20H23FN4O3/c21-17-12-22-19(23-14-5-7-16(26)8-6-14)24-18(17)13-3-1-4-15(11-13)25-9-2-10-28-20(25)27/h1,3-4,11-12,14,16,26H,2,5-10H2,(H,22,23,24). The summed E-state index contributed by atoms with van der Waals surface area (Å²) < 4.78 is 19.5. The number of nitrogens with zero attached hydrogens (tertiary/aromatic N) is 3. The number of aliphatic hydroxyl groups is 1. The van der Waals surface area contributed by atoms with Gasteiger partial charge in [-0.3, -0.25) is 4.90 Å². The van der Waals surface area contributed by atoms with Gasteiger partial charge in [0.15, 0.2) is 5.82 Å². The lowest BCUT2D eigenvalue weighted by molar-refractivity contribution is 0.126.